The molecule has 43 heavy (non-hydrogen) atoms. The lowest BCUT2D eigenvalue weighted by Crippen LogP contribution is -2.63. The molecule has 0 radical (unpaired) electrons. The molecule has 0 unspecified atom stereocenters. The van der Waals surface area contributed by atoms with E-state index in [0.29, 0.717) is 12.1 Å². The number of rotatable bonds is 13. The number of hydrogen-bond donors (Lipinski definition) is 0. The molecule has 2 saturated heterocycles. The molecule has 0 saturated carbocycles. The van der Waals surface area contributed by atoms with Crippen LogP contribution in [0.2, 0.25) is 0 Å². The van der Waals surface area contributed by atoms with E-state index < -0.39 is 0 Å². The van der Waals surface area contributed by atoms with Crippen LogP contribution in [-0.4, -0.2) is 99.3 Å². The molecular formula is C35H68N8. The maximum Gasteiger partial charge on any atom is 0.232 e. The van der Waals surface area contributed by atoms with Crippen molar-refractivity contribution in [3.8, 4) is 0 Å². The summed E-state index contributed by atoms with van der Waals surface area (Å²) in [7, 11) is 4.57. The van der Waals surface area contributed by atoms with Crippen molar-refractivity contribution in [2.24, 2.45) is 0 Å². The van der Waals surface area contributed by atoms with Gasteiger partial charge in [0, 0.05) is 60.4 Å². The highest BCUT2D eigenvalue weighted by Crippen LogP contribution is 2.42. The minimum Gasteiger partial charge on any atom is -0.341 e. The molecule has 1 aromatic rings. The third-order valence-electron chi connectivity index (χ3n) is 11.1. The molecule has 3 rings (SSSR count). The Balaban J connectivity index is 2.14. The average molecular weight is 601 g/mol. The van der Waals surface area contributed by atoms with E-state index in [9.17, 15) is 0 Å². The lowest BCUT2D eigenvalue weighted by molar-refractivity contribution is -0.0128. The van der Waals surface area contributed by atoms with Crippen molar-refractivity contribution < 1.29 is 0 Å². The first-order valence-corrected chi connectivity index (χ1v) is 17.5. The predicted octanol–water partition coefficient (Wildman–Crippen LogP) is 7.23. The predicted molar refractivity (Wildman–Crippen MR) is 186 cm³/mol. The second-order valence-corrected chi connectivity index (χ2v) is 16.0. The van der Waals surface area contributed by atoms with Crippen LogP contribution in [0.25, 0.3) is 0 Å². The Labute approximate surface area is 266 Å². The smallest absolute Gasteiger partial charge is 0.232 e. The molecule has 3 heterocycles. The van der Waals surface area contributed by atoms with Gasteiger partial charge in [0.1, 0.15) is 0 Å². The van der Waals surface area contributed by atoms with Crippen LogP contribution in [0.15, 0.2) is 0 Å². The molecule has 2 aliphatic rings. The molecular weight excluding hydrogens is 532 g/mol. The monoisotopic (exact) mass is 601 g/mol. The van der Waals surface area contributed by atoms with Gasteiger partial charge in [0.25, 0.3) is 0 Å². The Morgan fingerprint density at radius 3 is 1.14 bits per heavy atom. The van der Waals surface area contributed by atoms with Crippen LogP contribution >= 0.6 is 0 Å². The van der Waals surface area contributed by atoms with Gasteiger partial charge in [-0.15, -0.1) is 0 Å². The molecule has 2 fully saturated rings. The van der Waals surface area contributed by atoms with Crippen LogP contribution < -0.4 is 14.7 Å². The highest BCUT2D eigenvalue weighted by molar-refractivity contribution is 5.48. The van der Waals surface area contributed by atoms with Gasteiger partial charge in [-0.1, -0.05) is 26.7 Å². The summed E-state index contributed by atoms with van der Waals surface area (Å²) in [6, 6.07) is 0.732. The zero-order valence-electron chi connectivity index (χ0n) is 30.7. The number of likely N-dealkylation sites (tertiary alicyclic amines) is 2. The van der Waals surface area contributed by atoms with Crippen molar-refractivity contribution in [1.29, 1.82) is 0 Å². The third-order valence-corrected chi connectivity index (χ3v) is 11.1. The van der Waals surface area contributed by atoms with E-state index in [1.165, 1.54) is 0 Å². The van der Waals surface area contributed by atoms with Gasteiger partial charge >= 0.3 is 0 Å². The largest absolute Gasteiger partial charge is 0.341 e. The molecule has 0 spiro atoms. The van der Waals surface area contributed by atoms with Crippen LogP contribution in [0.5, 0.6) is 0 Å². The number of aromatic nitrogens is 3. The highest BCUT2D eigenvalue weighted by Gasteiger charge is 2.47. The van der Waals surface area contributed by atoms with Crippen LogP contribution in [0.1, 0.15) is 134 Å². The fraction of sp³-hybridized carbons (Fsp3) is 0.914. The molecule has 0 atom stereocenters. The van der Waals surface area contributed by atoms with Crippen LogP contribution in [0.3, 0.4) is 0 Å². The van der Waals surface area contributed by atoms with Crippen molar-refractivity contribution in [1.82, 2.24) is 24.8 Å². The minimum atomic E-state index is 0.0908. The van der Waals surface area contributed by atoms with Gasteiger partial charge in [0.15, 0.2) is 0 Å². The third kappa shape index (κ3) is 7.95. The first-order valence-electron chi connectivity index (χ1n) is 17.5. The summed E-state index contributed by atoms with van der Waals surface area (Å²) < 4.78 is 0. The van der Waals surface area contributed by atoms with Crippen molar-refractivity contribution in [2.45, 2.75) is 169 Å². The van der Waals surface area contributed by atoms with Crippen molar-refractivity contribution in [3.05, 3.63) is 0 Å². The number of piperidine rings is 2. The second-order valence-electron chi connectivity index (χ2n) is 16.0. The van der Waals surface area contributed by atoms with Gasteiger partial charge in [0.05, 0.1) is 0 Å². The van der Waals surface area contributed by atoms with Crippen LogP contribution in [0, 0.1) is 0 Å². The Kier molecular flexibility index (Phi) is 11.5. The summed E-state index contributed by atoms with van der Waals surface area (Å²) in [6.45, 7) is 31.9. The summed E-state index contributed by atoms with van der Waals surface area (Å²) in [5, 5.41) is 0. The molecule has 0 amide bonds. The summed E-state index contributed by atoms with van der Waals surface area (Å²) in [6.07, 6.45) is 8.95. The van der Waals surface area contributed by atoms with E-state index in [0.717, 1.165) is 95.4 Å². The van der Waals surface area contributed by atoms with E-state index >= 15 is 0 Å². The Bertz CT molecular complexity index is 922. The molecule has 0 aromatic carbocycles. The van der Waals surface area contributed by atoms with Gasteiger partial charge in [-0.3, -0.25) is 9.80 Å². The lowest BCUT2D eigenvalue weighted by Gasteiger charge is -2.56. The van der Waals surface area contributed by atoms with Crippen molar-refractivity contribution in [2.75, 3.05) is 55.0 Å². The van der Waals surface area contributed by atoms with Crippen molar-refractivity contribution >= 4 is 17.8 Å². The van der Waals surface area contributed by atoms with Gasteiger partial charge in [-0.2, -0.15) is 15.0 Å². The van der Waals surface area contributed by atoms with Gasteiger partial charge in [-0.25, -0.2) is 0 Å². The number of hydrogen-bond acceptors (Lipinski definition) is 8. The molecule has 8 nitrogen and oxygen atoms in total. The fourth-order valence-corrected chi connectivity index (χ4v) is 7.96. The summed E-state index contributed by atoms with van der Waals surface area (Å²) in [5.74, 6) is 2.56. The molecule has 1 aromatic heterocycles. The Morgan fingerprint density at radius 1 is 0.558 bits per heavy atom. The average Bonchev–Trinajstić information content (AvgIpc) is 2.90. The fourth-order valence-electron chi connectivity index (χ4n) is 7.96. The zero-order valence-corrected chi connectivity index (χ0v) is 30.7. The number of unbranched alkanes of at least 4 members (excludes halogenated alkanes) is 2. The summed E-state index contributed by atoms with van der Waals surface area (Å²) in [4.78, 5) is 28.6. The molecule has 0 bridgehead atoms. The summed E-state index contributed by atoms with van der Waals surface area (Å²) in [5.41, 5.74) is 0.363. The van der Waals surface area contributed by atoms with E-state index in [1.54, 1.807) is 0 Å². The highest BCUT2D eigenvalue weighted by atomic mass is 15.4. The first kappa shape index (κ1) is 35.8. The topological polar surface area (TPSA) is 54.9 Å². The second kappa shape index (κ2) is 13.8. The number of anilines is 3. The minimum absolute atomic E-state index is 0.0908. The number of nitrogens with zero attached hydrogens (tertiary/aromatic N) is 8. The Hall–Kier alpha value is -1.67. The van der Waals surface area contributed by atoms with E-state index in [-0.39, 0.29) is 22.2 Å². The SMILES string of the molecule is CCCCN(CCCC)c1nc(N(CC)C2CC(C)(C)N(C)C(C)(C)C2)nc(N(CC)C2CC(C)(C)N(C)C(C)(C)C2)n1. The van der Waals surface area contributed by atoms with Crippen molar-refractivity contribution in [3.63, 3.8) is 0 Å². The molecule has 2 aliphatic heterocycles. The van der Waals surface area contributed by atoms with Crippen LogP contribution in [0.4, 0.5) is 17.8 Å². The lowest BCUT2D eigenvalue weighted by atomic mass is 9.77. The Morgan fingerprint density at radius 2 is 0.860 bits per heavy atom. The van der Waals surface area contributed by atoms with Gasteiger partial charge < -0.3 is 14.7 Å². The molecule has 0 N–H and O–H groups in total. The molecule has 248 valence electrons. The molecule has 0 aliphatic carbocycles. The maximum absolute atomic E-state index is 5.37. The molecule has 8 heteroatoms. The van der Waals surface area contributed by atoms with Crippen LogP contribution in [-0.2, 0) is 0 Å². The summed E-state index contributed by atoms with van der Waals surface area (Å²) >= 11 is 0. The quantitative estimate of drug-likeness (QED) is 0.235. The first-order chi connectivity index (χ1) is 19.9. The maximum atomic E-state index is 5.37. The zero-order chi connectivity index (χ0) is 32.4. The van der Waals surface area contributed by atoms with Gasteiger partial charge in [0.2, 0.25) is 17.8 Å². The van der Waals surface area contributed by atoms with E-state index in [1.807, 2.05) is 0 Å². The normalized spacial score (nSPS) is 22.5. The van der Waals surface area contributed by atoms with Gasteiger partial charge in [-0.05, 0) is 122 Å². The van der Waals surface area contributed by atoms with E-state index in [4.69, 9.17) is 15.0 Å². The van der Waals surface area contributed by atoms with E-state index in [2.05, 4.69) is 122 Å². The standard InChI is InChI=1S/C35H68N8/c1-15-19-21-41(22-20-16-2)29-36-30(42(17-3)27-23-32(5,6)39(13)33(7,8)24-27)38-31(37-29)43(18-4)28-25-34(9,10)40(14)35(11,12)26-28/h27-28H,15-26H2,1-14H3.